The molecule has 2 N–H and O–H groups in total. The minimum absolute atomic E-state index is 0.170. The molecule has 0 saturated heterocycles. The molecule has 4 heteroatoms. The van der Waals surface area contributed by atoms with Gasteiger partial charge in [-0.15, -0.1) is 0 Å². The minimum atomic E-state index is -0.184. The molecule has 112 valence electrons. The Bertz CT molecular complexity index is 855. The fourth-order valence-corrected chi connectivity index (χ4v) is 3.95. The third-order valence-corrected chi connectivity index (χ3v) is 5.00. The van der Waals surface area contributed by atoms with Gasteiger partial charge in [-0.2, -0.15) is 0 Å². The summed E-state index contributed by atoms with van der Waals surface area (Å²) in [7, 11) is 1.92. The number of nitrogens with one attached hydrogen (secondary N) is 2. The zero-order chi connectivity index (χ0) is 15.3. The van der Waals surface area contributed by atoms with Crippen LogP contribution in [0.4, 0.5) is 4.39 Å². The third kappa shape index (κ3) is 1.97. The zero-order valence-electron chi connectivity index (χ0n) is 12.2. The topological polar surface area (TPSA) is 27.8 Å². The Morgan fingerprint density at radius 1 is 1.18 bits per heavy atom. The van der Waals surface area contributed by atoms with Gasteiger partial charge in [-0.25, -0.2) is 4.39 Å². The van der Waals surface area contributed by atoms with Crippen molar-refractivity contribution in [3.8, 4) is 0 Å². The second-order valence-electron chi connectivity index (χ2n) is 5.81. The minimum Gasteiger partial charge on any atom is -0.361 e. The standard InChI is InChI=1S/C18H16ClFN2/c1-21-17-8-12(11-6-5-10(20)7-13(11)17)14-9-22-16-4-2-3-15(19)18(14)16/h2-7,9,12,17,21-22H,8H2,1H3/t12-,17-/m1/s1. The number of halogens is 2. The smallest absolute Gasteiger partial charge is 0.123 e. The lowest BCUT2D eigenvalue weighted by molar-refractivity contribution is 0.561. The lowest BCUT2D eigenvalue weighted by Gasteiger charge is -2.12. The lowest BCUT2D eigenvalue weighted by Crippen LogP contribution is -2.13. The Balaban J connectivity index is 1.90. The Kier molecular flexibility index (Phi) is 3.21. The molecule has 1 heterocycles. The molecule has 0 bridgehead atoms. The molecule has 0 unspecified atom stereocenters. The van der Waals surface area contributed by atoms with Gasteiger partial charge in [0.1, 0.15) is 5.82 Å². The van der Waals surface area contributed by atoms with Crippen LogP contribution in [0.15, 0.2) is 42.6 Å². The molecule has 2 aromatic carbocycles. The molecule has 1 aromatic heterocycles. The van der Waals surface area contributed by atoms with Crippen LogP contribution in [0.5, 0.6) is 0 Å². The largest absolute Gasteiger partial charge is 0.361 e. The summed E-state index contributed by atoms with van der Waals surface area (Å²) in [5.41, 5.74) is 4.46. The Labute approximate surface area is 133 Å². The van der Waals surface area contributed by atoms with Crippen molar-refractivity contribution >= 4 is 22.5 Å². The molecular weight excluding hydrogens is 299 g/mol. The number of aromatic nitrogens is 1. The van der Waals surface area contributed by atoms with Crippen molar-refractivity contribution in [1.29, 1.82) is 0 Å². The molecule has 2 atom stereocenters. The van der Waals surface area contributed by atoms with Crippen molar-refractivity contribution in [1.82, 2.24) is 10.3 Å². The van der Waals surface area contributed by atoms with E-state index in [1.165, 1.54) is 11.1 Å². The first-order chi connectivity index (χ1) is 10.7. The lowest BCUT2D eigenvalue weighted by atomic mass is 9.92. The molecule has 1 aliphatic rings. The molecule has 0 amide bonds. The Morgan fingerprint density at radius 3 is 2.86 bits per heavy atom. The van der Waals surface area contributed by atoms with Gasteiger partial charge >= 0.3 is 0 Å². The first kappa shape index (κ1) is 13.8. The van der Waals surface area contributed by atoms with E-state index in [0.29, 0.717) is 0 Å². The molecule has 1 aliphatic carbocycles. The monoisotopic (exact) mass is 314 g/mol. The van der Waals surface area contributed by atoms with E-state index in [9.17, 15) is 4.39 Å². The molecule has 2 nitrogen and oxygen atoms in total. The van der Waals surface area contributed by atoms with Crippen molar-refractivity contribution in [2.45, 2.75) is 18.4 Å². The van der Waals surface area contributed by atoms with Gasteiger partial charge < -0.3 is 10.3 Å². The summed E-state index contributed by atoms with van der Waals surface area (Å²) in [6.45, 7) is 0. The third-order valence-electron chi connectivity index (χ3n) is 4.68. The number of H-pyrrole nitrogens is 1. The summed E-state index contributed by atoms with van der Waals surface area (Å²) in [6.07, 6.45) is 2.94. The molecule has 0 aliphatic heterocycles. The van der Waals surface area contributed by atoms with Crippen LogP contribution < -0.4 is 5.32 Å². The molecule has 0 radical (unpaired) electrons. The van der Waals surface area contributed by atoms with Gasteiger partial charge in [-0.05, 0) is 54.4 Å². The second kappa shape index (κ2) is 5.11. The Morgan fingerprint density at radius 2 is 2.05 bits per heavy atom. The van der Waals surface area contributed by atoms with Crippen LogP contribution >= 0.6 is 11.6 Å². The van der Waals surface area contributed by atoms with Gasteiger partial charge in [0.2, 0.25) is 0 Å². The van der Waals surface area contributed by atoms with E-state index >= 15 is 0 Å². The number of hydrogen-bond acceptors (Lipinski definition) is 1. The van der Waals surface area contributed by atoms with Crippen LogP contribution in [-0.4, -0.2) is 12.0 Å². The van der Waals surface area contributed by atoms with E-state index in [2.05, 4.69) is 10.3 Å². The maximum Gasteiger partial charge on any atom is 0.123 e. The highest BCUT2D eigenvalue weighted by molar-refractivity contribution is 6.35. The summed E-state index contributed by atoms with van der Waals surface area (Å²) in [5.74, 6) is 0.0401. The maximum atomic E-state index is 13.6. The molecule has 0 spiro atoms. The fourth-order valence-electron chi connectivity index (χ4n) is 3.66. The summed E-state index contributed by atoms with van der Waals surface area (Å²) in [6, 6.07) is 11.1. The predicted molar refractivity (Wildman–Crippen MR) is 88.0 cm³/mol. The quantitative estimate of drug-likeness (QED) is 0.701. The highest BCUT2D eigenvalue weighted by Gasteiger charge is 2.33. The highest BCUT2D eigenvalue weighted by Crippen LogP contribution is 2.46. The van der Waals surface area contributed by atoms with Crippen LogP contribution in [0.3, 0.4) is 0 Å². The van der Waals surface area contributed by atoms with Crippen molar-refractivity contribution < 1.29 is 4.39 Å². The predicted octanol–water partition coefficient (Wildman–Crippen LogP) is 4.76. The van der Waals surface area contributed by atoms with E-state index in [-0.39, 0.29) is 17.8 Å². The SMILES string of the molecule is CN[C@@H]1C[C@@H](c2c[nH]c3cccc(Cl)c23)c2ccc(F)cc21. The van der Waals surface area contributed by atoms with Crippen molar-refractivity contribution in [3.63, 3.8) is 0 Å². The average Bonchev–Trinajstić information content (AvgIpc) is 3.08. The van der Waals surface area contributed by atoms with Gasteiger partial charge in [-0.3, -0.25) is 0 Å². The van der Waals surface area contributed by atoms with E-state index in [0.717, 1.165) is 27.9 Å². The molecule has 4 rings (SSSR count). The first-order valence-corrected chi connectivity index (χ1v) is 7.79. The molecular formula is C18H16ClFN2. The summed E-state index contributed by atoms with van der Waals surface area (Å²) >= 11 is 6.41. The maximum absolute atomic E-state index is 13.6. The molecule has 0 fully saturated rings. The van der Waals surface area contributed by atoms with Crippen LogP contribution in [-0.2, 0) is 0 Å². The number of benzene rings is 2. The number of hydrogen-bond donors (Lipinski definition) is 2. The highest BCUT2D eigenvalue weighted by atomic mass is 35.5. The normalized spacial score (nSPS) is 20.5. The van der Waals surface area contributed by atoms with Crippen LogP contribution in [0.2, 0.25) is 5.02 Å². The van der Waals surface area contributed by atoms with E-state index in [1.807, 2.05) is 37.5 Å². The van der Waals surface area contributed by atoms with Crippen molar-refractivity contribution in [2.24, 2.45) is 0 Å². The summed E-state index contributed by atoms with van der Waals surface area (Å²) < 4.78 is 13.6. The number of aromatic amines is 1. The zero-order valence-corrected chi connectivity index (χ0v) is 12.9. The second-order valence-corrected chi connectivity index (χ2v) is 6.22. The van der Waals surface area contributed by atoms with Crippen LogP contribution in [0.25, 0.3) is 10.9 Å². The molecule has 3 aromatic rings. The van der Waals surface area contributed by atoms with Crippen molar-refractivity contribution in [2.75, 3.05) is 7.05 Å². The van der Waals surface area contributed by atoms with Gasteiger partial charge in [0.25, 0.3) is 0 Å². The van der Waals surface area contributed by atoms with E-state index in [4.69, 9.17) is 11.6 Å². The summed E-state index contributed by atoms with van der Waals surface area (Å²) in [4.78, 5) is 3.30. The van der Waals surface area contributed by atoms with Crippen molar-refractivity contribution in [3.05, 3.63) is 70.1 Å². The van der Waals surface area contributed by atoms with Crippen LogP contribution in [0.1, 0.15) is 35.1 Å². The molecule has 0 saturated carbocycles. The fraction of sp³-hybridized carbons (Fsp3) is 0.222. The number of rotatable bonds is 2. The van der Waals surface area contributed by atoms with Gasteiger partial charge in [-0.1, -0.05) is 23.7 Å². The average molecular weight is 315 g/mol. The van der Waals surface area contributed by atoms with E-state index < -0.39 is 0 Å². The molecule has 22 heavy (non-hydrogen) atoms. The van der Waals surface area contributed by atoms with E-state index in [1.54, 1.807) is 12.1 Å². The van der Waals surface area contributed by atoms with Gasteiger partial charge in [0.15, 0.2) is 0 Å². The number of fused-ring (bicyclic) bond motifs is 2. The van der Waals surface area contributed by atoms with Gasteiger partial charge in [0.05, 0.1) is 5.02 Å². The van der Waals surface area contributed by atoms with Crippen LogP contribution in [0, 0.1) is 5.82 Å². The summed E-state index contributed by atoms with van der Waals surface area (Å²) in [5, 5.41) is 5.12. The Hall–Kier alpha value is -1.84. The first-order valence-electron chi connectivity index (χ1n) is 7.41. The van der Waals surface area contributed by atoms with Gasteiger partial charge in [0, 0.05) is 29.1 Å².